The summed E-state index contributed by atoms with van der Waals surface area (Å²) < 4.78 is 5.59. The van der Waals surface area contributed by atoms with Crippen LogP contribution in [0.5, 0.6) is 11.6 Å². The number of hydrogen-bond acceptors (Lipinski definition) is 3. The summed E-state index contributed by atoms with van der Waals surface area (Å²) in [5, 5.41) is 9.64. The molecule has 0 saturated heterocycles. The Morgan fingerprint density at radius 3 is 2.71 bits per heavy atom. The maximum atomic E-state index is 9.64. The largest absolute Gasteiger partial charge is 0.506 e. The summed E-state index contributed by atoms with van der Waals surface area (Å²) >= 11 is 3.22. The van der Waals surface area contributed by atoms with E-state index in [1.807, 2.05) is 0 Å². The second-order valence-corrected chi connectivity index (χ2v) is 4.70. The quantitative estimate of drug-likeness (QED) is 0.886. The van der Waals surface area contributed by atoms with Crippen molar-refractivity contribution in [3.63, 3.8) is 0 Å². The number of rotatable bonds is 2. The zero-order valence-corrected chi connectivity index (χ0v) is 9.76. The minimum Gasteiger partial charge on any atom is -0.506 e. The van der Waals surface area contributed by atoms with Gasteiger partial charge in [0, 0.05) is 11.5 Å². The third-order valence-corrected chi connectivity index (χ3v) is 3.47. The molecular weight excluding hydrogens is 246 g/mol. The van der Waals surface area contributed by atoms with Gasteiger partial charge in [0.1, 0.15) is 10.2 Å². The smallest absolute Gasteiger partial charge is 0.231 e. The molecule has 0 amide bonds. The summed E-state index contributed by atoms with van der Waals surface area (Å²) in [4.78, 5) is 4.36. The highest BCUT2D eigenvalue weighted by Crippen LogP contribution is 2.49. The number of ether oxygens (including phenoxy) is 1. The first-order valence-electron chi connectivity index (χ1n) is 4.51. The SMILES string of the molecule is COc1nc(C2(C)CC2)cc(O)c1Br. The Labute approximate surface area is 91.2 Å². The van der Waals surface area contributed by atoms with Crippen LogP contribution in [0.3, 0.4) is 0 Å². The van der Waals surface area contributed by atoms with Gasteiger partial charge in [-0.3, -0.25) is 0 Å². The van der Waals surface area contributed by atoms with Gasteiger partial charge in [0.25, 0.3) is 0 Å². The molecule has 1 aromatic heterocycles. The van der Waals surface area contributed by atoms with E-state index in [9.17, 15) is 5.11 Å². The lowest BCUT2D eigenvalue weighted by atomic mass is 10.0. The van der Waals surface area contributed by atoms with Crippen molar-refractivity contribution >= 4 is 15.9 Å². The van der Waals surface area contributed by atoms with Gasteiger partial charge in [-0.05, 0) is 28.8 Å². The molecule has 1 aliphatic rings. The molecule has 0 radical (unpaired) electrons. The minimum atomic E-state index is 0.144. The van der Waals surface area contributed by atoms with E-state index in [0.717, 1.165) is 18.5 Å². The van der Waals surface area contributed by atoms with Gasteiger partial charge in [0.05, 0.1) is 12.8 Å². The van der Waals surface area contributed by atoms with Crippen LogP contribution in [0.15, 0.2) is 10.5 Å². The van der Waals surface area contributed by atoms with Crippen molar-refractivity contribution in [3.8, 4) is 11.6 Å². The Kier molecular flexibility index (Phi) is 2.18. The van der Waals surface area contributed by atoms with Gasteiger partial charge in [-0.1, -0.05) is 6.92 Å². The van der Waals surface area contributed by atoms with E-state index in [0.29, 0.717) is 10.4 Å². The zero-order valence-electron chi connectivity index (χ0n) is 8.17. The molecule has 1 aliphatic carbocycles. The van der Waals surface area contributed by atoms with E-state index in [-0.39, 0.29) is 11.2 Å². The van der Waals surface area contributed by atoms with Crippen LogP contribution in [0.2, 0.25) is 0 Å². The Bertz CT molecular complexity index is 375. The van der Waals surface area contributed by atoms with E-state index in [1.165, 1.54) is 0 Å². The second kappa shape index (κ2) is 3.12. The highest BCUT2D eigenvalue weighted by molar-refractivity contribution is 9.10. The van der Waals surface area contributed by atoms with Crippen LogP contribution in [0.4, 0.5) is 0 Å². The number of methoxy groups -OCH3 is 1. The van der Waals surface area contributed by atoms with E-state index in [4.69, 9.17) is 4.74 Å². The minimum absolute atomic E-state index is 0.144. The van der Waals surface area contributed by atoms with Crippen molar-refractivity contribution < 1.29 is 9.84 Å². The molecule has 1 heterocycles. The molecule has 0 unspecified atom stereocenters. The van der Waals surface area contributed by atoms with Gasteiger partial charge in [0.15, 0.2) is 0 Å². The van der Waals surface area contributed by atoms with Crippen LogP contribution in [0.25, 0.3) is 0 Å². The van der Waals surface area contributed by atoms with Crippen molar-refractivity contribution in [2.45, 2.75) is 25.2 Å². The molecular formula is C10H12BrNO2. The molecule has 2 rings (SSSR count). The lowest BCUT2D eigenvalue weighted by molar-refractivity contribution is 0.383. The summed E-state index contributed by atoms with van der Waals surface area (Å²) in [5.74, 6) is 0.646. The van der Waals surface area contributed by atoms with Gasteiger partial charge in [-0.25, -0.2) is 4.98 Å². The van der Waals surface area contributed by atoms with Crippen molar-refractivity contribution in [2.75, 3.05) is 7.11 Å². The zero-order chi connectivity index (χ0) is 10.3. The molecule has 1 fully saturated rings. The van der Waals surface area contributed by atoms with Gasteiger partial charge in [0.2, 0.25) is 5.88 Å². The average molecular weight is 258 g/mol. The van der Waals surface area contributed by atoms with Gasteiger partial charge < -0.3 is 9.84 Å². The standard InChI is InChI=1S/C10H12BrNO2/c1-10(3-4-10)7-5-6(13)8(11)9(12-7)14-2/h5H,3-4H2,1-2H3,(H,12,13). The average Bonchev–Trinajstić information content (AvgIpc) is 2.89. The van der Waals surface area contributed by atoms with E-state index >= 15 is 0 Å². The van der Waals surface area contributed by atoms with Crippen molar-refractivity contribution in [3.05, 3.63) is 16.2 Å². The first-order valence-corrected chi connectivity index (χ1v) is 5.30. The predicted molar refractivity (Wildman–Crippen MR) is 56.7 cm³/mol. The molecule has 0 aliphatic heterocycles. The predicted octanol–water partition coefficient (Wildman–Crippen LogP) is 2.61. The topological polar surface area (TPSA) is 42.4 Å². The molecule has 1 N–H and O–H groups in total. The summed E-state index contributed by atoms with van der Waals surface area (Å²) in [5.41, 5.74) is 1.06. The fourth-order valence-electron chi connectivity index (χ4n) is 1.38. The lowest BCUT2D eigenvalue weighted by Crippen LogP contribution is -2.04. The molecule has 0 spiro atoms. The molecule has 14 heavy (non-hydrogen) atoms. The maximum absolute atomic E-state index is 9.64. The molecule has 0 bridgehead atoms. The third-order valence-electron chi connectivity index (χ3n) is 2.72. The summed E-state index contributed by atoms with van der Waals surface area (Å²) in [6.45, 7) is 2.14. The second-order valence-electron chi connectivity index (χ2n) is 3.91. The van der Waals surface area contributed by atoms with Gasteiger partial charge in [-0.2, -0.15) is 0 Å². The molecule has 76 valence electrons. The molecule has 4 heteroatoms. The van der Waals surface area contributed by atoms with Crippen LogP contribution in [0.1, 0.15) is 25.5 Å². The van der Waals surface area contributed by atoms with Crippen molar-refractivity contribution in [1.82, 2.24) is 4.98 Å². The van der Waals surface area contributed by atoms with Crippen LogP contribution in [-0.4, -0.2) is 17.2 Å². The Hall–Kier alpha value is -0.770. The van der Waals surface area contributed by atoms with Crippen molar-refractivity contribution in [1.29, 1.82) is 0 Å². The summed E-state index contributed by atoms with van der Waals surface area (Å²) in [6, 6.07) is 1.71. The van der Waals surface area contributed by atoms with Gasteiger partial charge in [-0.15, -0.1) is 0 Å². The summed E-state index contributed by atoms with van der Waals surface area (Å²) in [6.07, 6.45) is 2.26. The Balaban J connectivity index is 2.48. The molecule has 1 aromatic rings. The number of nitrogens with zero attached hydrogens (tertiary/aromatic N) is 1. The monoisotopic (exact) mass is 257 g/mol. The van der Waals surface area contributed by atoms with Gasteiger partial charge >= 0.3 is 0 Å². The highest BCUT2D eigenvalue weighted by atomic mass is 79.9. The van der Waals surface area contributed by atoms with E-state index < -0.39 is 0 Å². The lowest BCUT2D eigenvalue weighted by Gasteiger charge is -2.11. The molecule has 0 atom stereocenters. The highest BCUT2D eigenvalue weighted by Gasteiger charge is 2.41. The first-order chi connectivity index (χ1) is 6.57. The molecule has 1 saturated carbocycles. The molecule has 0 aromatic carbocycles. The first kappa shape index (κ1) is 9.77. The Morgan fingerprint density at radius 2 is 2.21 bits per heavy atom. The number of aromatic nitrogens is 1. The van der Waals surface area contributed by atoms with Crippen LogP contribution in [-0.2, 0) is 5.41 Å². The van der Waals surface area contributed by atoms with Crippen LogP contribution in [0, 0.1) is 0 Å². The van der Waals surface area contributed by atoms with E-state index in [1.54, 1.807) is 13.2 Å². The van der Waals surface area contributed by atoms with E-state index in [2.05, 4.69) is 27.8 Å². The maximum Gasteiger partial charge on any atom is 0.231 e. The normalized spacial score (nSPS) is 17.9. The fourth-order valence-corrected chi connectivity index (χ4v) is 1.75. The van der Waals surface area contributed by atoms with Crippen LogP contribution < -0.4 is 4.74 Å². The third kappa shape index (κ3) is 1.47. The number of hydrogen-bond donors (Lipinski definition) is 1. The Morgan fingerprint density at radius 1 is 1.57 bits per heavy atom. The number of halogens is 1. The van der Waals surface area contributed by atoms with Crippen molar-refractivity contribution in [2.24, 2.45) is 0 Å². The van der Waals surface area contributed by atoms with Crippen LogP contribution >= 0.6 is 15.9 Å². The summed E-state index contributed by atoms with van der Waals surface area (Å²) in [7, 11) is 1.55. The number of aromatic hydroxyl groups is 1. The fraction of sp³-hybridized carbons (Fsp3) is 0.500. The molecule has 3 nitrogen and oxygen atoms in total. The number of pyridine rings is 1.